The highest BCUT2D eigenvalue weighted by molar-refractivity contribution is 6.38. The summed E-state index contributed by atoms with van der Waals surface area (Å²) in [4.78, 5) is 29.4. The van der Waals surface area contributed by atoms with Gasteiger partial charge in [0.25, 0.3) is 0 Å². The molecule has 0 radical (unpaired) electrons. The lowest BCUT2D eigenvalue weighted by molar-refractivity contribution is -0.148. The lowest BCUT2D eigenvalue weighted by Gasteiger charge is -2.36. The quantitative estimate of drug-likeness (QED) is 0.300. The standard InChI is InChI=1S/C27H30Cl2FN3O3/c1-3-15(2)23(31-11-9-16-6-4-5-7-21(16)30)25(34)33-27(26(35)36)10-8-22-19(14-27)18-12-17(28)13-20(29)24(18)32-22/h4-7,12-13,15,23,31-32H,3,8-11,14H2,1-2H3,(H,33,34)(H,35,36). The largest absolute Gasteiger partial charge is 0.479 e. The molecule has 192 valence electrons. The molecule has 3 atom stereocenters. The lowest BCUT2D eigenvalue weighted by Crippen LogP contribution is -2.62. The van der Waals surface area contributed by atoms with Gasteiger partial charge in [0.05, 0.1) is 16.6 Å². The summed E-state index contributed by atoms with van der Waals surface area (Å²) in [5, 5.41) is 18.1. The molecule has 0 aliphatic heterocycles. The van der Waals surface area contributed by atoms with Crippen molar-refractivity contribution in [3.63, 3.8) is 0 Å². The Morgan fingerprint density at radius 3 is 2.69 bits per heavy atom. The van der Waals surface area contributed by atoms with Crippen LogP contribution in [0.5, 0.6) is 0 Å². The highest BCUT2D eigenvalue weighted by Crippen LogP contribution is 2.38. The number of fused-ring (bicyclic) bond motifs is 3. The molecule has 0 saturated heterocycles. The molecule has 4 rings (SSSR count). The van der Waals surface area contributed by atoms with Crippen LogP contribution in [0.4, 0.5) is 4.39 Å². The van der Waals surface area contributed by atoms with Crippen LogP contribution in [-0.2, 0) is 28.9 Å². The molecule has 2 aromatic carbocycles. The van der Waals surface area contributed by atoms with Crippen molar-refractivity contribution in [2.45, 2.75) is 57.5 Å². The number of benzene rings is 2. The van der Waals surface area contributed by atoms with E-state index in [9.17, 15) is 19.1 Å². The second-order valence-electron chi connectivity index (χ2n) is 9.60. The fraction of sp³-hybridized carbons (Fsp3) is 0.407. The number of halogens is 3. The van der Waals surface area contributed by atoms with Gasteiger partial charge in [0, 0.05) is 29.1 Å². The Morgan fingerprint density at radius 1 is 1.25 bits per heavy atom. The summed E-state index contributed by atoms with van der Waals surface area (Å²) < 4.78 is 14.0. The summed E-state index contributed by atoms with van der Waals surface area (Å²) in [6.07, 6.45) is 1.93. The monoisotopic (exact) mass is 533 g/mol. The predicted octanol–water partition coefficient (Wildman–Crippen LogP) is 5.29. The van der Waals surface area contributed by atoms with Gasteiger partial charge in [-0.1, -0.05) is 61.7 Å². The summed E-state index contributed by atoms with van der Waals surface area (Å²) in [6.45, 7) is 4.30. The average molecular weight is 534 g/mol. The minimum atomic E-state index is -1.47. The number of carbonyl (C=O) groups is 2. The van der Waals surface area contributed by atoms with Gasteiger partial charge >= 0.3 is 5.97 Å². The molecule has 0 bridgehead atoms. The number of aliphatic carboxylic acids is 1. The minimum absolute atomic E-state index is 0.0543. The molecule has 4 N–H and O–H groups in total. The number of aryl methyl sites for hydroxylation is 1. The number of rotatable bonds is 9. The molecule has 0 spiro atoms. The predicted molar refractivity (Wildman–Crippen MR) is 140 cm³/mol. The van der Waals surface area contributed by atoms with E-state index in [0.717, 1.165) is 16.6 Å². The van der Waals surface area contributed by atoms with Crippen LogP contribution in [0.25, 0.3) is 10.9 Å². The number of H-pyrrole nitrogens is 1. The smallest absolute Gasteiger partial charge is 0.329 e. The summed E-state index contributed by atoms with van der Waals surface area (Å²) in [6, 6.07) is 9.33. The van der Waals surface area contributed by atoms with Crippen molar-refractivity contribution in [1.82, 2.24) is 15.6 Å². The molecule has 1 heterocycles. The highest BCUT2D eigenvalue weighted by atomic mass is 35.5. The number of carbonyl (C=O) groups excluding carboxylic acids is 1. The zero-order chi connectivity index (χ0) is 26.0. The Hall–Kier alpha value is -2.61. The number of aromatic nitrogens is 1. The Kier molecular flexibility index (Phi) is 7.93. The number of carboxylic acid groups (broad SMARTS) is 1. The molecule has 0 fully saturated rings. The highest BCUT2D eigenvalue weighted by Gasteiger charge is 2.45. The van der Waals surface area contributed by atoms with Gasteiger partial charge in [-0.05, 0) is 54.5 Å². The number of hydrogen-bond acceptors (Lipinski definition) is 3. The van der Waals surface area contributed by atoms with Crippen molar-refractivity contribution in [3.8, 4) is 0 Å². The molecule has 1 aliphatic rings. The van der Waals surface area contributed by atoms with Gasteiger partial charge in [-0.15, -0.1) is 0 Å². The molecule has 1 aromatic heterocycles. The van der Waals surface area contributed by atoms with Crippen molar-refractivity contribution in [1.29, 1.82) is 0 Å². The van der Waals surface area contributed by atoms with Crippen LogP contribution in [0.1, 0.15) is 43.5 Å². The fourth-order valence-electron chi connectivity index (χ4n) is 4.98. The van der Waals surface area contributed by atoms with E-state index >= 15 is 0 Å². The third-order valence-electron chi connectivity index (χ3n) is 7.28. The first kappa shape index (κ1) is 26.5. The van der Waals surface area contributed by atoms with E-state index in [1.54, 1.807) is 30.3 Å². The second kappa shape index (κ2) is 10.8. The van der Waals surface area contributed by atoms with Gasteiger partial charge < -0.3 is 20.7 Å². The third-order valence-corrected chi connectivity index (χ3v) is 7.80. The summed E-state index contributed by atoms with van der Waals surface area (Å²) >= 11 is 12.6. The third kappa shape index (κ3) is 5.24. The van der Waals surface area contributed by atoms with Crippen LogP contribution in [0.2, 0.25) is 10.0 Å². The van der Waals surface area contributed by atoms with Crippen LogP contribution in [0.15, 0.2) is 36.4 Å². The van der Waals surface area contributed by atoms with Crippen LogP contribution in [-0.4, -0.2) is 40.1 Å². The molecule has 3 unspecified atom stereocenters. The average Bonchev–Trinajstić information content (AvgIpc) is 3.20. The van der Waals surface area contributed by atoms with Gasteiger partial charge in [0.2, 0.25) is 5.91 Å². The van der Waals surface area contributed by atoms with E-state index in [-0.39, 0.29) is 30.5 Å². The van der Waals surface area contributed by atoms with E-state index in [4.69, 9.17) is 23.2 Å². The molecular formula is C27H30Cl2FN3O3. The van der Waals surface area contributed by atoms with E-state index in [0.29, 0.717) is 46.9 Å². The minimum Gasteiger partial charge on any atom is -0.479 e. The normalized spacial score (nSPS) is 19.0. The molecule has 1 amide bonds. The molecular weight excluding hydrogens is 504 g/mol. The zero-order valence-corrected chi connectivity index (χ0v) is 21.8. The number of nitrogens with one attached hydrogen (secondary N) is 3. The van der Waals surface area contributed by atoms with Crippen molar-refractivity contribution in [3.05, 3.63) is 69.1 Å². The van der Waals surface area contributed by atoms with Crippen molar-refractivity contribution in [2.75, 3.05) is 6.54 Å². The summed E-state index contributed by atoms with van der Waals surface area (Å²) in [5.41, 5.74) is 1.52. The number of aromatic amines is 1. The molecule has 1 aliphatic carbocycles. The van der Waals surface area contributed by atoms with Crippen molar-refractivity contribution < 1.29 is 19.1 Å². The second-order valence-corrected chi connectivity index (χ2v) is 10.4. The van der Waals surface area contributed by atoms with Crippen molar-refractivity contribution in [2.24, 2.45) is 5.92 Å². The molecule has 3 aromatic rings. The first-order chi connectivity index (χ1) is 17.1. The zero-order valence-electron chi connectivity index (χ0n) is 20.3. The van der Waals surface area contributed by atoms with E-state index < -0.39 is 17.6 Å². The summed E-state index contributed by atoms with van der Waals surface area (Å²) in [7, 11) is 0. The first-order valence-corrected chi connectivity index (χ1v) is 12.9. The van der Waals surface area contributed by atoms with Crippen LogP contribution in [0, 0.1) is 11.7 Å². The van der Waals surface area contributed by atoms with Gasteiger partial charge in [-0.3, -0.25) is 4.79 Å². The molecule has 9 heteroatoms. The number of hydrogen-bond donors (Lipinski definition) is 4. The molecule has 6 nitrogen and oxygen atoms in total. The number of carboxylic acids is 1. The SMILES string of the molecule is CCC(C)C(NCCc1ccccc1F)C(=O)NC1(C(=O)O)CCc2[nH]c3c(Cl)cc(Cl)cc3c2C1. The first-order valence-electron chi connectivity index (χ1n) is 12.2. The van der Waals surface area contributed by atoms with Gasteiger partial charge in [-0.25, -0.2) is 9.18 Å². The molecule has 36 heavy (non-hydrogen) atoms. The van der Waals surface area contributed by atoms with E-state index in [1.807, 2.05) is 13.8 Å². The lowest BCUT2D eigenvalue weighted by atomic mass is 9.79. The topological polar surface area (TPSA) is 94.2 Å². The van der Waals surface area contributed by atoms with E-state index in [2.05, 4.69) is 15.6 Å². The van der Waals surface area contributed by atoms with Gasteiger partial charge in [-0.2, -0.15) is 0 Å². The fourth-order valence-corrected chi connectivity index (χ4v) is 5.52. The van der Waals surface area contributed by atoms with E-state index in [1.165, 1.54) is 6.07 Å². The Balaban J connectivity index is 1.55. The van der Waals surface area contributed by atoms with Gasteiger partial charge in [0.1, 0.15) is 11.4 Å². The Bertz CT molecular complexity index is 1290. The van der Waals surface area contributed by atoms with Crippen LogP contribution < -0.4 is 10.6 Å². The maximum absolute atomic E-state index is 14.0. The van der Waals surface area contributed by atoms with Gasteiger partial charge in [0.15, 0.2) is 0 Å². The molecule has 0 saturated carbocycles. The van der Waals surface area contributed by atoms with Crippen LogP contribution in [0.3, 0.4) is 0 Å². The summed E-state index contributed by atoms with van der Waals surface area (Å²) in [5.74, 6) is -1.80. The Morgan fingerprint density at radius 2 is 2.00 bits per heavy atom. The maximum Gasteiger partial charge on any atom is 0.329 e. The Labute approximate surface area is 219 Å². The van der Waals surface area contributed by atoms with Crippen molar-refractivity contribution >= 4 is 46.0 Å². The maximum atomic E-state index is 14.0. The van der Waals surface area contributed by atoms with Crippen LogP contribution >= 0.6 is 23.2 Å². The number of amides is 1.